The van der Waals surface area contributed by atoms with Crippen molar-refractivity contribution in [1.29, 1.82) is 0 Å². The van der Waals surface area contributed by atoms with E-state index in [1.54, 1.807) is 17.0 Å². The van der Waals surface area contributed by atoms with E-state index < -0.39 is 0 Å². The lowest BCUT2D eigenvalue weighted by Crippen LogP contribution is -2.56. The van der Waals surface area contributed by atoms with Gasteiger partial charge in [-0.1, -0.05) is 0 Å². The van der Waals surface area contributed by atoms with Crippen LogP contribution in [-0.2, 0) is 4.79 Å². The molecule has 4 nitrogen and oxygen atoms in total. The lowest BCUT2D eigenvalue weighted by molar-refractivity contribution is -0.125. The maximum Gasteiger partial charge on any atom is 0.244 e. The summed E-state index contributed by atoms with van der Waals surface area (Å²) in [6.45, 7) is 4.57. The number of hydrogen-bond donors (Lipinski definition) is 1. The number of piperazine rings is 1. The summed E-state index contributed by atoms with van der Waals surface area (Å²) < 4.78 is 12.9. The third-order valence-corrected chi connectivity index (χ3v) is 3.34. The van der Waals surface area contributed by atoms with Gasteiger partial charge in [0.15, 0.2) is 0 Å². The molecule has 18 heavy (non-hydrogen) atoms. The number of carbonyl (C=O) groups is 1. The zero-order valence-corrected chi connectivity index (χ0v) is 10.5. The molecule has 0 radical (unpaired) electrons. The van der Waals surface area contributed by atoms with Crippen molar-refractivity contribution in [1.82, 2.24) is 4.90 Å². The Kier molecular flexibility index (Phi) is 3.93. The van der Waals surface area contributed by atoms with Crippen LogP contribution in [0.25, 0.3) is 0 Å². The van der Waals surface area contributed by atoms with Crippen molar-refractivity contribution in [3.05, 3.63) is 30.1 Å². The minimum absolute atomic E-state index is 0.0429. The molecule has 1 aromatic carbocycles. The van der Waals surface area contributed by atoms with Crippen LogP contribution in [0.5, 0.6) is 0 Å². The zero-order valence-electron chi connectivity index (χ0n) is 10.5. The molecule has 1 saturated heterocycles. The maximum absolute atomic E-state index is 12.9. The summed E-state index contributed by atoms with van der Waals surface area (Å²) in [4.78, 5) is 16.0. The van der Waals surface area contributed by atoms with E-state index >= 15 is 0 Å². The number of benzene rings is 1. The van der Waals surface area contributed by atoms with Crippen LogP contribution >= 0.6 is 0 Å². The first-order valence-corrected chi connectivity index (χ1v) is 6.14. The Morgan fingerprint density at radius 2 is 2.00 bits per heavy atom. The standard InChI is InChI=1S/C13H18FN3O/c1-10-13(18)17(9-8-16(10)7-6-15)12-4-2-11(14)3-5-12/h2-5,10H,6-9,15H2,1H3. The molecule has 1 aliphatic heterocycles. The van der Waals surface area contributed by atoms with Gasteiger partial charge in [0.2, 0.25) is 5.91 Å². The normalized spacial score (nSPS) is 21.4. The molecule has 1 unspecified atom stereocenters. The van der Waals surface area contributed by atoms with Crippen molar-refractivity contribution in [3.63, 3.8) is 0 Å². The summed E-state index contributed by atoms with van der Waals surface area (Å²) in [5.74, 6) is -0.248. The Labute approximate surface area is 106 Å². The van der Waals surface area contributed by atoms with E-state index in [0.29, 0.717) is 13.1 Å². The van der Waals surface area contributed by atoms with Crippen molar-refractivity contribution in [2.45, 2.75) is 13.0 Å². The number of anilines is 1. The molecule has 1 atom stereocenters. The number of amides is 1. The number of carbonyl (C=O) groups excluding carboxylic acids is 1. The number of halogens is 1. The maximum atomic E-state index is 12.9. The molecule has 2 N–H and O–H groups in total. The molecular formula is C13H18FN3O. The zero-order chi connectivity index (χ0) is 13.1. The van der Waals surface area contributed by atoms with E-state index in [2.05, 4.69) is 4.90 Å². The second kappa shape index (κ2) is 5.46. The van der Waals surface area contributed by atoms with Gasteiger partial charge in [-0.25, -0.2) is 4.39 Å². The van der Waals surface area contributed by atoms with E-state index in [1.807, 2.05) is 6.92 Å². The van der Waals surface area contributed by atoms with Crippen molar-refractivity contribution >= 4 is 11.6 Å². The molecule has 1 aromatic rings. The Balaban J connectivity index is 2.12. The average Bonchev–Trinajstić information content (AvgIpc) is 2.37. The third kappa shape index (κ3) is 2.52. The van der Waals surface area contributed by atoms with Crippen LogP contribution in [0.15, 0.2) is 24.3 Å². The van der Waals surface area contributed by atoms with Crippen molar-refractivity contribution in [2.24, 2.45) is 5.73 Å². The highest BCUT2D eigenvalue weighted by Gasteiger charge is 2.31. The number of nitrogens with two attached hydrogens (primary N) is 1. The predicted octanol–water partition coefficient (Wildman–Crippen LogP) is 0.822. The molecule has 98 valence electrons. The van der Waals surface area contributed by atoms with Gasteiger partial charge >= 0.3 is 0 Å². The average molecular weight is 251 g/mol. The highest BCUT2D eigenvalue weighted by molar-refractivity contribution is 5.97. The van der Waals surface area contributed by atoms with Gasteiger partial charge in [0, 0.05) is 31.9 Å². The van der Waals surface area contributed by atoms with E-state index in [1.165, 1.54) is 12.1 Å². The van der Waals surface area contributed by atoms with Gasteiger partial charge in [0.1, 0.15) is 5.82 Å². The second-order valence-corrected chi connectivity index (χ2v) is 4.47. The molecule has 1 amide bonds. The molecule has 0 aliphatic carbocycles. The topological polar surface area (TPSA) is 49.6 Å². The molecule has 2 rings (SSSR count). The van der Waals surface area contributed by atoms with Crippen molar-refractivity contribution in [3.8, 4) is 0 Å². The van der Waals surface area contributed by atoms with Crippen LogP contribution in [0.3, 0.4) is 0 Å². The number of rotatable bonds is 3. The Morgan fingerprint density at radius 3 is 2.61 bits per heavy atom. The summed E-state index contributed by atoms with van der Waals surface area (Å²) in [5, 5.41) is 0. The van der Waals surface area contributed by atoms with Crippen LogP contribution in [0.1, 0.15) is 6.92 Å². The first-order valence-electron chi connectivity index (χ1n) is 6.14. The quantitative estimate of drug-likeness (QED) is 0.865. The Morgan fingerprint density at radius 1 is 1.33 bits per heavy atom. The monoisotopic (exact) mass is 251 g/mol. The van der Waals surface area contributed by atoms with Crippen molar-refractivity contribution in [2.75, 3.05) is 31.1 Å². The Bertz CT molecular complexity index is 421. The van der Waals surface area contributed by atoms with Gasteiger partial charge in [-0.15, -0.1) is 0 Å². The minimum atomic E-state index is -0.291. The summed E-state index contributed by atoms with van der Waals surface area (Å²) >= 11 is 0. The molecule has 0 saturated carbocycles. The van der Waals surface area contributed by atoms with Crippen LogP contribution in [0.2, 0.25) is 0 Å². The van der Waals surface area contributed by atoms with Crippen molar-refractivity contribution < 1.29 is 9.18 Å². The van der Waals surface area contributed by atoms with Crippen LogP contribution in [0.4, 0.5) is 10.1 Å². The highest BCUT2D eigenvalue weighted by atomic mass is 19.1. The summed E-state index contributed by atoms with van der Waals surface area (Å²) in [5.41, 5.74) is 6.27. The molecule has 1 heterocycles. The van der Waals surface area contributed by atoms with Gasteiger partial charge < -0.3 is 10.6 Å². The molecular weight excluding hydrogens is 233 g/mol. The lowest BCUT2D eigenvalue weighted by Gasteiger charge is -2.38. The fourth-order valence-corrected chi connectivity index (χ4v) is 2.26. The van der Waals surface area contributed by atoms with E-state index in [-0.39, 0.29) is 17.8 Å². The third-order valence-electron chi connectivity index (χ3n) is 3.34. The molecule has 0 spiro atoms. The number of nitrogens with zero attached hydrogens (tertiary/aromatic N) is 2. The largest absolute Gasteiger partial charge is 0.329 e. The first kappa shape index (κ1) is 13.0. The Hall–Kier alpha value is -1.46. The van der Waals surface area contributed by atoms with Gasteiger partial charge in [0.25, 0.3) is 0 Å². The lowest BCUT2D eigenvalue weighted by atomic mass is 10.1. The number of hydrogen-bond acceptors (Lipinski definition) is 3. The second-order valence-electron chi connectivity index (χ2n) is 4.47. The van der Waals surface area contributed by atoms with Gasteiger partial charge in [-0.3, -0.25) is 9.69 Å². The van der Waals surface area contributed by atoms with Gasteiger partial charge in [-0.2, -0.15) is 0 Å². The molecule has 0 aromatic heterocycles. The fourth-order valence-electron chi connectivity index (χ4n) is 2.26. The molecule has 0 bridgehead atoms. The van der Waals surface area contributed by atoms with E-state index in [9.17, 15) is 9.18 Å². The predicted molar refractivity (Wildman–Crippen MR) is 68.8 cm³/mol. The van der Waals surface area contributed by atoms with Crippen LogP contribution < -0.4 is 10.6 Å². The van der Waals surface area contributed by atoms with Crippen LogP contribution in [0, 0.1) is 5.82 Å². The molecule has 1 aliphatic rings. The minimum Gasteiger partial charge on any atom is -0.329 e. The molecule has 1 fully saturated rings. The first-order chi connectivity index (χ1) is 8.63. The summed E-state index contributed by atoms with van der Waals surface area (Å²) in [7, 11) is 0. The van der Waals surface area contributed by atoms with E-state index in [0.717, 1.165) is 18.8 Å². The summed E-state index contributed by atoms with van der Waals surface area (Å²) in [6, 6.07) is 5.85. The highest BCUT2D eigenvalue weighted by Crippen LogP contribution is 2.20. The van der Waals surface area contributed by atoms with Gasteiger partial charge in [-0.05, 0) is 31.2 Å². The summed E-state index contributed by atoms with van der Waals surface area (Å²) in [6.07, 6.45) is 0. The molecule has 5 heteroatoms. The van der Waals surface area contributed by atoms with E-state index in [4.69, 9.17) is 5.73 Å². The van der Waals surface area contributed by atoms with Crippen LogP contribution in [-0.4, -0.2) is 43.0 Å². The SMILES string of the molecule is CC1C(=O)N(c2ccc(F)cc2)CCN1CCN. The van der Waals surface area contributed by atoms with Gasteiger partial charge in [0.05, 0.1) is 6.04 Å². The smallest absolute Gasteiger partial charge is 0.244 e. The fraction of sp³-hybridized carbons (Fsp3) is 0.462.